The number of anilines is 1. The summed E-state index contributed by atoms with van der Waals surface area (Å²) < 4.78 is 0. The lowest BCUT2D eigenvalue weighted by molar-refractivity contribution is 0.0947. The number of hydrogen-bond acceptors (Lipinski definition) is 5. The molecule has 2 N–H and O–H groups in total. The Balaban J connectivity index is 2.41. The first-order valence-electron chi connectivity index (χ1n) is 7.26. The normalized spacial score (nSPS) is 11.0. The second kappa shape index (κ2) is 9.31. The lowest BCUT2D eigenvalue weighted by atomic mass is 10.3. The number of rotatable bonds is 9. The van der Waals surface area contributed by atoms with Gasteiger partial charge in [0.2, 0.25) is 0 Å². The third-order valence-electron chi connectivity index (χ3n) is 2.95. The summed E-state index contributed by atoms with van der Waals surface area (Å²) >= 11 is 0. The minimum absolute atomic E-state index is 0.120. The number of nitrogens with one attached hydrogen (secondary N) is 2. The molecule has 1 aromatic rings. The van der Waals surface area contributed by atoms with Gasteiger partial charge in [0.05, 0.1) is 0 Å². The molecule has 21 heavy (non-hydrogen) atoms. The maximum Gasteiger partial charge on any atom is 0.269 e. The average Bonchev–Trinajstić information content (AvgIpc) is 2.43. The fourth-order valence-electron chi connectivity index (χ4n) is 1.78. The molecule has 0 saturated heterocycles. The molecule has 0 aliphatic rings. The van der Waals surface area contributed by atoms with Crippen molar-refractivity contribution in [2.24, 2.45) is 0 Å². The molecule has 0 radical (unpaired) electrons. The molecule has 0 aliphatic carbocycles. The monoisotopic (exact) mass is 293 g/mol. The van der Waals surface area contributed by atoms with Crippen LogP contribution >= 0.6 is 0 Å². The zero-order chi connectivity index (χ0) is 15.7. The number of hydrogen-bond donors (Lipinski definition) is 2. The van der Waals surface area contributed by atoms with Crippen LogP contribution in [0.4, 0.5) is 5.69 Å². The number of nitrogens with zero attached hydrogens (tertiary/aromatic N) is 3. The third kappa shape index (κ3) is 7.63. The van der Waals surface area contributed by atoms with E-state index in [4.69, 9.17) is 0 Å². The molecule has 1 amide bonds. The first-order valence-corrected chi connectivity index (χ1v) is 7.26. The van der Waals surface area contributed by atoms with E-state index in [9.17, 15) is 4.79 Å². The fourth-order valence-corrected chi connectivity index (χ4v) is 1.78. The Hall–Kier alpha value is -1.66. The maximum atomic E-state index is 12.0. The highest BCUT2D eigenvalue weighted by Crippen LogP contribution is 2.07. The van der Waals surface area contributed by atoms with Gasteiger partial charge in [-0.1, -0.05) is 0 Å². The van der Waals surface area contributed by atoms with Crippen LogP contribution in [-0.2, 0) is 0 Å². The van der Waals surface area contributed by atoms with Gasteiger partial charge in [-0.3, -0.25) is 9.78 Å². The summed E-state index contributed by atoms with van der Waals surface area (Å²) in [4.78, 5) is 20.3. The van der Waals surface area contributed by atoms with Crippen molar-refractivity contribution in [3.63, 3.8) is 0 Å². The summed E-state index contributed by atoms with van der Waals surface area (Å²) in [6, 6.07) is 3.66. The van der Waals surface area contributed by atoms with E-state index in [1.165, 1.54) is 0 Å². The van der Waals surface area contributed by atoms with Gasteiger partial charge in [0.25, 0.3) is 5.91 Å². The predicted octanol–water partition coefficient (Wildman–Crippen LogP) is 0.737. The Morgan fingerprint density at radius 3 is 2.52 bits per heavy atom. The van der Waals surface area contributed by atoms with Gasteiger partial charge in [0.1, 0.15) is 5.69 Å². The van der Waals surface area contributed by atoms with Crippen molar-refractivity contribution in [3.8, 4) is 0 Å². The highest BCUT2D eigenvalue weighted by Gasteiger charge is 2.07. The van der Waals surface area contributed by atoms with E-state index < -0.39 is 0 Å². The van der Waals surface area contributed by atoms with Gasteiger partial charge in [-0.05, 0) is 53.3 Å². The van der Waals surface area contributed by atoms with Gasteiger partial charge < -0.3 is 20.4 Å². The zero-order valence-electron chi connectivity index (χ0n) is 13.5. The molecule has 0 bridgehead atoms. The fraction of sp³-hybridized carbons (Fsp3) is 0.600. The second-order valence-corrected chi connectivity index (χ2v) is 5.57. The van der Waals surface area contributed by atoms with E-state index in [0.29, 0.717) is 12.2 Å². The Morgan fingerprint density at radius 2 is 1.86 bits per heavy atom. The molecule has 6 nitrogen and oxygen atoms in total. The number of carbonyl (C=O) groups is 1. The Bertz CT molecular complexity index is 434. The van der Waals surface area contributed by atoms with Gasteiger partial charge in [-0.15, -0.1) is 0 Å². The quantitative estimate of drug-likeness (QED) is 0.658. The van der Waals surface area contributed by atoms with E-state index in [0.717, 1.165) is 31.7 Å². The highest BCUT2D eigenvalue weighted by molar-refractivity contribution is 5.93. The van der Waals surface area contributed by atoms with E-state index in [1.807, 2.05) is 34.3 Å². The second-order valence-electron chi connectivity index (χ2n) is 5.57. The van der Waals surface area contributed by atoms with E-state index in [-0.39, 0.29) is 5.91 Å². The molecular formula is C15H27N5O. The SMILES string of the molecule is CN(C)CCCNC(=O)c1cc(NCCN(C)C)ccn1. The van der Waals surface area contributed by atoms with Crippen LogP contribution in [-0.4, -0.2) is 75.1 Å². The zero-order valence-corrected chi connectivity index (χ0v) is 13.5. The van der Waals surface area contributed by atoms with Crippen molar-refractivity contribution in [3.05, 3.63) is 24.0 Å². The number of pyridine rings is 1. The molecule has 0 spiro atoms. The van der Waals surface area contributed by atoms with Gasteiger partial charge in [-0.25, -0.2) is 0 Å². The van der Waals surface area contributed by atoms with Crippen LogP contribution in [0.1, 0.15) is 16.9 Å². The van der Waals surface area contributed by atoms with Crippen molar-refractivity contribution >= 4 is 11.6 Å². The summed E-state index contributed by atoms with van der Waals surface area (Å²) in [5, 5.41) is 6.18. The minimum atomic E-state index is -0.120. The van der Waals surface area contributed by atoms with Crippen LogP contribution in [0.15, 0.2) is 18.3 Å². The molecule has 0 atom stereocenters. The van der Waals surface area contributed by atoms with E-state index in [1.54, 1.807) is 12.3 Å². The Kier molecular flexibility index (Phi) is 7.71. The number of carbonyl (C=O) groups excluding carboxylic acids is 1. The summed E-state index contributed by atoms with van der Waals surface area (Å²) in [5.41, 5.74) is 1.37. The third-order valence-corrected chi connectivity index (χ3v) is 2.95. The lowest BCUT2D eigenvalue weighted by Gasteiger charge is -2.12. The van der Waals surface area contributed by atoms with Gasteiger partial charge in [-0.2, -0.15) is 0 Å². The Morgan fingerprint density at radius 1 is 1.14 bits per heavy atom. The van der Waals surface area contributed by atoms with Gasteiger partial charge in [0, 0.05) is 31.5 Å². The Labute approximate surface area is 127 Å². The molecule has 118 valence electrons. The van der Waals surface area contributed by atoms with Crippen molar-refractivity contribution in [1.29, 1.82) is 0 Å². The van der Waals surface area contributed by atoms with Crippen LogP contribution in [0.5, 0.6) is 0 Å². The molecule has 1 heterocycles. The molecule has 0 unspecified atom stereocenters. The summed E-state index contributed by atoms with van der Waals surface area (Å²) in [6.45, 7) is 3.39. The number of amides is 1. The summed E-state index contributed by atoms with van der Waals surface area (Å²) in [5.74, 6) is -0.120. The topological polar surface area (TPSA) is 60.5 Å². The minimum Gasteiger partial charge on any atom is -0.384 e. The van der Waals surface area contributed by atoms with E-state index >= 15 is 0 Å². The number of aromatic nitrogens is 1. The molecule has 0 aromatic carbocycles. The molecule has 0 saturated carbocycles. The van der Waals surface area contributed by atoms with Crippen molar-refractivity contribution in [2.45, 2.75) is 6.42 Å². The maximum absolute atomic E-state index is 12.0. The molecule has 1 rings (SSSR count). The molecular weight excluding hydrogens is 266 g/mol. The predicted molar refractivity (Wildman–Crippen MR) is 86.8 cm³/mol. The van der Waals surface area contributed by atoms with Gasteiger partial charge >= 0.3 is 0 Å². The van der Waals surface area contributed by atoms with Crippen LogP contribution in [0, 0.1) is 0 Å². The average molecular weight is 293 g/mol. The highest BCUT2D eigenvalue weighted by atomic mass is 16.1. The lowest BCUT2D eigenvalue weighted by Crippen LogP contribution is -2.28. The summed E-state index contributed by atoms with van der Waals surface area (Å²) in [7, 11) is 8.10. The van der Waals surface area contributed by atoms with Gasteiger partial charge in [0.15, 0.2) is 0 Å². The van der Waals surface area contributed by atoms with E-state index in [2.05, 4.69) is 25.4 Å². The summed E-state index contributed by atoms with van der Waals surface area (Å²) in [6.07, 6.45) is 2.59. The standard InChI is InChI=1S/C15H27N5O/c1-19(2)10-5-7-18-15(21)14-12-13(6-8-17-14)16-9-11-20(3)4/h6,8,12H,5,7,9-11H2,1-4H3,(H,16,17)(H,18,21). The van der Waals surface area contributed by atoms with Crippen molar-refractivity contribution < 1.29 is 4.79 Å². The van der Waals surface area contributed by atoms with Crippen LogP contribution in [0.2, 0.25) is 0 Å². The van der Waals surface area contributed by atoms with Crippen LogP contribution < -0.4 is 10.6 Å². The number of likely N-dealkylation sites (N-methyl/N-ethyl adjacent to an activating group) is 1. The van der Waals surface area contributed by atoms with Crippen LogP contribution in [0.3, 0.4) is 0 Å². The first-order chi connectivity index (χ1) is 9.99. The largest absolute Gasteiger partial charge is 0.384 e. The van der Waals surface area contributed by atoms with Crippen molar-refractivity contribution in [1.82, 2.24) is 20.1 Å². The van der Waals surface area contributed by atoms with Crippen molar-refractivity contribution in [2.75, 3.05) is 59.7 Å². The smallest absolute Gasteiger partial charge is 0.269 e. The molecule has 0 aliphatic heterocycles. The van der Waals surface area contributed by atoms with Crippen LogP contribution in [0.25, 0.3) is 0 Å². The molecule has 6 heteroatoms. The molecule has 1 aromatic heterocycles. The first kappa shape index (κ1) is 17.4. The molecule has 0 fully saturated rings.